The Morgan fingerprint density at radius 3 is 2.81 bits per heavy atom. The van der Waals surface area contributed by atoms with Gasteiger partial charge in [0.25, 0.3) is 0 Å². The van der Waals surface area contributed by atoms with Gasteiger partial charge in [-0.1, -0.05) is 32.6 Å². The maximum absolute atomic E-state index is 4.48. The van der Waals surface area contributed by atoms with Crippen molar-refractivity contribution in [3.8, 4) is 0 Å². The SMILES string of the molecule is CCNC(CC1CCCC1)c1cn(C)cn1. The van der Waals surface area contributed by atoms with E-state index < -0.39 is 0 Å². The van der Waals surface area contributed by atoms with Crippen molar-refractivity contribution in [1.82, 2.24) is 14.9 Å². The van der Waals surface area contributed by atoms with Crippen molar-refractivity contribution in [2.45, 2.75) is 45.1 Å². The summed E-state index contributed by atoms with van der Waals surface area (Å²) in [5.41, 5.74) is 1.20. The van der Waals surface area contributed by atoms with E-state index in [4.69, 9.17) is 0 Å². The van der Waals surface area contributed by atoms with E-state index >= 15 is 0 Å². The summed E-state index contributed by atoms with van der Waals surface area (Å²) in [6, 6.07) is 0.453. The molecule has 1 saturated carbocycles. The minimum absolute atomic E-state index is 0.453. The van der Waals surface area contributed by atoms with Crippen LogP contribution in [-0.2, 0) is 7.05 Å². The van der Waals surface area contributed by atoms with Crippen molar-refractivity contribution in [1.29, 1.82) is 0 Å². The van der Waals surface area contributed by atoms with E-state index in [1.165, 1.54) is 37.8 Å². The fraction of sp³-hybridized carbons (Fsp3) is 0.769. The van der Waals surface area contributed by atoms with Crippen LogP contribution in [-0.4, -0.2) is 16.1 Å². The first-order chi connectivity index (χ1) is 7.79. The molecule has 0 aliphatic heterocycles. The Hall–Kier alpha value is -0.830. The third-order valence-corrected chi connectivity index (χ3v) is 3.58. The highest BCUT2D eigenvalue weighted by Crippen LogP contribution is 2.32. The molecule has 0 aromatic carbocycles. The van der Waals surface area contributed by atoms with Crippen LogP contribution in [0.1, 0.15) is 50.8 Å². The number of rotatable bonds is 5. The van der Waals surface area contributed by atoms with Gasteiger partial charge in [0.2, 0.25) is 0 Å². The molecule has 1 aromatic heterocycles. The van der Waals surface area contributed by atoms with E-state index in [9.17, 15) is 0 Å². The highest BCUT2D eigenvalue weighted by molar-refractivity contribution is 5.04. The number of aromatic nitrogens is 2. The van der Waals surface area contributed by atoms with Crippen LogP contribution in [0.3, 0.4) is 0 Å². The molecule has 3 nitrogen and oxygen atoms in total. The molecule has 1 atom stereocenters. The van der Waals surface area contributed by atoms with Gasteiger partial charge >= 0.3 is 0 Å². The second-order valence-corrected chi connectivity index (χ2v) is 4.96. The summed E-state index contributed by atoms with van der Waals surface area (Å²) >= 11 is 0. The molecule has 16 heavy (non-hydrogen) atoms. The summed E-state index contributed by atoms with van der Waals surface area (Å²) in [6.45, 7) is 3.19. The molecular formula is C13H23N3. The van der Waals surface area contributed by atoms with E-state index in [0.29, 0.717) is 6.04 Å². The summed E-state index contributed by atoms with van der Waals surface area (Å²) in [4.78, 5) is 4.48. The van der Waals surface area contributed by atoms with Crippen LogP contribution in [0.4, 0.5) is 0 Å². The molecule has 2 rings (SSSR count). The quantitative estimate of drug-likeness (QED) is 0.828. The molecule has 1 aromatic rings. The van der Waals surface area contributed by atoms with Gasteiger partial charge in [-0.15, -0.1) is 0 Å². The van der Waals surface area contributed by atoms with Crippen LogP contribution in [0.5, 0.6) is 0 Å². The van der Waals surface area contributed by atoms with E-state index in [0.717, 1.165) is 12.5 Å². The standard InChI is InChI=1S/C13H23N3/c1-3-14-12(8-11-6-4-5-7-11)13-9-16(2)10-15-13/h9-12,14H,3-8H2,1-2H3. The molecule has 0 spiro atoms. The number of aryl methyl sites for hydroxylation is 1. The summed E-state index contributed by atoms with van der Waals surface area (Å²) in [6.07, 6.45) is 11.0. The molecule has 1 heterocycles. The van der Waals surface area contributed by atoms with Crippen molar-refractivity contribution >= 4 is 0 Å². The first-order valence-corrected chi connectivity index (χ1v) is 6.51. The lowest BCUT2D eigenvalue weighted by molar-refractivity contribution is 0.395. The second-order valence-electron chi connectivity index (χ2n) is 4.96. The Balaban J connectivity index is 1.98. The number of imidazole rings is 1. The molecule has 0 amide bonds. The zero-order valence-electron chi connectivity index (χ0n) is 10.4. The number of nitrogens with one attached hydrogen (secondary N) is 1. The van der Waals surface area contributed by atoms with Crippen LogP contribution in [0.25, 0.3) is 0 Å². The van der Waals surface area contributed by atoms with Crippen LogP contribution in [0.2, 0.25) is 0 Å². The Morgan fingerprint density at radius 1 is 1.50 bits per heavy atom. The van der Waals surface area contributed by atoms with Gasteiger partial charge in [-0.05, 0) is 18.9 Å². The van der Waals surface area contributed by atoms with Crippen molar-refractivity contribution in [2.24, 2.45) is 13.0 Å². The van der Waals surface area contributed by atoms with Crippen molar-refractivity contribution in [3.05, 3.63) is 18.2 Å². The van der Waals surface area contributed by atoms with Gasteiger partial charge in [0.15, 0.2) is 0 Å². The Labute approximate surface area is 98.3 Å². The fourth-order valence-corrected chi connectivity index (χ4v) is 2.75. The lowest BCUT2D eigenvalue weighted by Crippen LogP contribution is -2.23. The van der Waals surface area contributed by atoms with Gasteiger partial charge in [-0.2, -0.15) is 0 Å². The Morgan fingerprint density at radius 2 is 2.25 bits per heavy atom. The Bertz CT molecular complexity index is 313. The predicted octanol–water partition coefficient (Wildman–Crippen LogP) is 2.65. The van der Waals surface area contributed by atoms with Gasteiger partial charge < -0.3 is 9.88 Å². The lowest BCUT2D eigenvalue weighted by Gasteiger charge is -2.19. The monoisotopic (exact) mass is 221 g/mol. The molecule has 0 saturated heterocycles. The van der Waals surface area contributed by atoms with E-state index in [-0.39, 0.29) is 0 Å². The minimum Gasteiger partial charge on any atom is -0.340 e. The highest BCUT2D eigenvalue weighted by Gasteiger charge is 2.21. The Kier molecular flexibility index (Phi) is 3.99. The molecule has 1 unspecified atom stereocenters. The van der Waals surface area contributed by atoms with Crippen molar-refractivity contribution in [3.63, 3.8) is 0 Å². The molecule has 0 radical (unpaired) electrons. The molecule has 3 heteroatoms. The minimum atomic E-state index is 0.453. The van der Waals surface area contributed by atoms with Gasteiger partial charge in [-0.25, -0.2) is 4.98 Å². The van der Waals surface area contributed by atoms with Gasteiger partial charge in [0, 0.05) is 13.2 Å². The summed E-state index contributed by atoms with van der Waals surface area (Å²) < 4.78 is 2.04. The topological polar surface area (TPSA) is 29.9 Å². The van der Waals surface area contributed by atoms with Gasteiger partial charge in [0.05, 0.1) is 18.1 Å². The number of hydrogen-bond donors (Lipinski definition) is 1. The molecule has 90 valence electrons. The van der Waals surface area contributed by atoms with Crippen LogP contribution in [0, 0.1) is 5.92 Å². The average Bonchev–Trinajstić information content (AvgIpc) is 2.88. The predicted molar refractivity (Wildman–Crippen MR) is 66.2 cm³/mol. The van der Waals surface area contributed by atoms with Crippen molar-refractivity contribution < 1.29 is 0 Å². The smallest absolute Gasteiger partial charge is 0.0947 e. The number of nitrogens with zero attached hydrogens (tertiary/aromatic N) is 2. The molecule has 0 bridgehead atoms. The van der Waals surface area contributed by atoms with E-state index in [1.807, 2.05) is 17.9 Å². The normalized spacial score (nSPS) is 19.1. The van der Waals surface area contributed by atoms with Crippen LogP contribution >= 0.6 is 0 Å². The zero-order chi connectivity index (χ0) is 11.4. The third-order valence-electron chi connectivity index (χ3n) is 3.58. The largest absolute Gasteiger partial charge is 0.340 e. The zero-order valence-corrected chi connectivity index (χ0v) is 10.4. The first-order valence-electron chi connectivity index (χ1n) is 6.51. The molecular weight excluding hydrogens is 198 g/mol. The average molecular weight is 221 g/mol. The fourth-order valence-electron chi connectivity index (χ4n) is 2.75. The van der Waals surface area contributed by atoms with E-state index in [2.05, 4.69) is 23.4 Å². The molecule has 1 N–H and O–H groups in total. The van der Waals surface area contributed by atoms with Crippen LogP contribution in [0.15, 0.2) is 12.5 Å². The maximum Gasteiger partial charge on any atom is 0.0947 e. The van der Waals surface area contributed by atoms with Gasteiger partial charge in [-0.3, -0.25) is 0 Å². The van der Waals surface area contributed by atoms with Gasteiger partial charge in [0.1, 0.15) is 0 Å². The van der Waals surface area contributed by atoms with E-state index in [1.54, 1.807) is 0 Å². The summed E-state index contributed by atoms with van der Waals surface area (Å²) in [7, 11) is 2.04. The third kappa shape index (κ3) is 2.85. The molecule has 1 aliphatic rings. The molecule has 1 fully saturated rings. The van der Waals surface area contributed by atoms with Crippen molar-refractivity contribution in [2.75, 3.05) is 6.54 Å². The lowest BCUT2D eigenvalue weighted by atomic mass is 9.97. The highest BCUT2D eigenvalue weighted by atomic mass is 15.0. The molecule has 1 aliphatic carbocycles. The summed E-state index contributed by atoms with van der Waals surface area (Å²) in [5.74, 6) is 0.908. The second kappa shape index (κ2) is 5.48. The number of hydrogen-bond acceptors (Lipinski definition) is 2. The maximum atomic E-state index is 4.48. The van der Waals surface area contributed by atoms with Crippen LogP contribution < -0.4 is 5.32 Å². The first kappa shape index (κ1) is 11.6. The summed E-state index contributed by atoms with van der Waals surface area (Å²) in [5, 5.41) is 3.56.